The Labute approximate surface area is 133 Å². The Kier molecular flexibility index (Phi) is 7.40. The zero-order valence-electron chi connectivity index (χ0n) is 11.9. The second-order valence-electron chi connectivity index (χ2n) is 5.27. The molecule has 4 heteroatoms. The fourth-order valence-corrected chi connectivity index (χ4v) is 3.55. The standard InChI is InChI=1S/C15H23Br2NO/c1-4-5-10(2)9-19-15-13(16)7-12(6-11(3)18)8-14(15)17/h7-8,10-11H,4-6,9,18H2,1-3H3. The second kappa shape index (κ2) is 8.28. The first-order valence-corrected chi connectivity index (χ1v) is 8.38. The summed E-state index contributed by atoms with van der Waals surface area (Å²) in [5.41, 5.74) is 7.04. The van der Waals surface area contributed by atoms with Gasteiger partial charge in [0.15, 0.2) is 0 Å². The molecule has 0 aliphatic heterocycles. The van der Waals surface area contributed by atoms with E-state index in [1.54, 1.807) is 0 Å². The monoisotopic (exact) mass is 391 g/mol. The molecule has 0 spiro atoms. The van der Waals surface area contributed by atoms with Crippen molar-refractivity contribution in [2.24, 2.45) is 11.7 Å². The van der Waals surface area contributed by atoms with E-state index in [-0.39, 0.29) is 6.04 Å². The van der Waals surface area contributed by atoms with Gasteiger partial charge in [0.2, 0.25) is 0 Å². The highest BCUT2D eigenvalue weighted by Gasteiger charge is 2.11. The van der Waals surface area contributed by atoms with Crippen molar-refractivity contribution in [3.05, 3.63) is 26.6 Å². The van der Waals surface area contributed by atoms with Gasteiger partial charge in [0.25, 0.3) is 0 Å². The molecular weight excluding hydrogens is 370 g/mol. The maximum Gasteiger partial charge on any atom is 0.147 e. The second-order valence-corrected chi connectivity index (χ2v) is 6.98. The molecule has 0 amide bonds. The zero-order valence-corrected chi connectivity index (χ0v) is 15.1. The molecule has 108 valence electrons. The summed E-state index contributed by atoms with van der Waals surface area (Å²) in [6.45, 7) is 7.18. The topological polar surface area (TPSA) is 35.2 Å². The molecule has 0 heterocycles. The maximum absolute atomic E-state index is 5.92. The molecule has 19 heavy (non-hydrogen) atoms. The van der Waals surface area contributed by atoms with Crippen LogP contribution in [-0.2, 0) is 6.42 Å². The third-order valence-electron chi connectivity index (χ3n) is 2.91. The Hall–Kier alpha value is -0.0600. The Morgan fingerprint density at radius 2 is 1.79 bits per heavy atom. The van der Waals surface area contributed by atoms with Crippen molar-refractivity contribution in [2.75, 3.05) is 6.61 Å². The Bertz CT molecular complexity index is 384. The molecule has 0 aliphatic rings. The predicted octanol–water partition coefficient (Wildman–Crippen LogP) is 4.92. The fraction of sp³-hybridized carbons (Fsp3) is 0.600. The van der Waals surface area contributed by atoms with Gasteiger partial charge in [-0.05, 0) is 75.2 Å². The molecule has 1 aromatic rings. The zero-order chi connectivity index (χ0) is 14.4. The van der Waals surface area contributed by atoms with Crippen LogP contribution in [0.15, 0.2) is 21.1 Å². The van der Waals surface area contributed by atoms with Gasteiger partial charge in [-0.3, -0.25) is 0 Å². The van der Waals surface area contributed by atoms with Crippen LogP contribution in [0, 0.1) is 5.92 Å². The van der Waals surface area contributed by atoms with E-state index in [4.69, 9.17) is 10.5 Å². The molecule has 0 radical (unpaired) electrons. The molecule has 0 bridgehead atoms. The van der Waals surface area contributed by atoms with Crippen LogP contribution < -0.4 is 10.5 Å². The number of rotatable bonds is 7. The van der Waals surface area contributed by atoms with Crippen LogP contribution in [0.3, 0.4) is 0 Å². The number of nitrogens with two attached hydrogens (primary N) is 1. The van der Waals surface area contributed by atoms with Gasteiger partial charge in [-0.25, -0.2) is 0 Å². The smallest absolute Gasteiger partial charge is 0.147 e. The lowest BCUT2D eigenvalue weighted by atomic mass is 10.1. The lowest BCUT2D eigenvalue weighted by Crippen LogP contribution is -2.17. The fourth-order valence-electron chi connectivity index (χ4n) is 2.04. The Morgan fingerprint density at radius 3 is 2.26 bits per heavy atom. The van der Waals surface area contributed by atoms with Crippen molar-refractivity contribution < 1.29 is 4.74 Å². The first kappa shape index (κ1) is 17.0. The van der Waals surface area contributed by atoms with Crippen LogP contribution in [0.2, 0.25) is 0 Å². The van der Waals surface area contributed by atoms with E-state index in [0.717, 1.165) is 27.7 Å². The van der Waals surface area contributed by atoms with Crippen molar-refractivity contribution in [1.82, 2.24) is 0 Å². The highest BCUT2D eigenvalue weighted by atomic mass is 79.9. The van der Waals surface area contributed by atoms with Gasteiger partial charge < -0.3 is 10.5 Å². The molecular formula is C15H23Br2NO. The number of benzene rings is 1. The summed E-state index contributed by atoms with van der Waals surface area (Å²) in [5.74, 6) is 1.46. The molecule has 2 unspecified atom stereocenters. The molecule has 2 nitrogen and oxygen atoms in total. The molecule has 0 fully saturated rings. The summed E-state index contributed by atoms with van der Waals surface area (Å²) in [6.07, 6.45) is 3.25. The summed E-state index contributed by atoms with van der Waals surface area (Å²) in [7, 11) is 0. The number of hydrogen-bond acceptors (Lipinski definition) is 2. The van der Waals surface area contributed by atoms with E-state index in [9.17, 15) is 0 Å². The predicted molar refractivity (Wildman–Crippen MR) is 88.8 cm³/mol. The van der Waals surface area contributed by atoms with Crippen LogP contribution in [0.1, 0.15) is 39.2 Å². The van der Waals surface area contributed by atoms with Crippen LogP contribution in [0.4, 0.5) is 0 Å². The van der Waals surface area contributed by atoms with Crippen LogP contribution in [-0.4, -0.2) is 12.6 Å². The molecule has 0 saturated heterocycles. The minimum absolute atomic E-state index is 0.162. The maximum atomic E-state index is 5.92. The number of ether oxygens (including phenoxy) is 1. The summed E-state index contributed by atoms with van der Waals surface area (Å²) < 4.78 is 7.89. The van der Waals surface area contributed by atoms with Crippen LogP contribution in [0.25, 0.3) is 0 Å². The van der Waals surface area contributed by atoms with E-state index >= 15 is 0 Å². The molecule has 0 aromatic heterocycles. The lowest BCUT2D eigenvalue weighted by molar-refractivity contribution is 0.249. The summed E-state index contributed by atoms with van der Waals surface area (Å²) in [5, 5.41) is 0. The number of hydrogen-bond donors (Lipinski definition) is 1. The first-order chi connectivity index (χ1) is 8.93. The van der Waals surface area contributed by atoms with E-state index in [1.165, 1.54) is 18.4 Å². The first-order valence-electron chi connectivity index (χ1n) is 6.80. The van der Waals surface area contributed by atoms with Crippen LogP contribution in [0.5, 0.6) is 5.75 Å². The van der Waals surface area contributed by atoms with Crippen molar-refractivity contribution in [3.63, 3.8) is 0 Å². The van der Waals surface area contributed by atoms with Gasteiger partial charge in [-0.15, -0.1) is 0 Å². The van der Waals surface area contributed by atoms with E-state index < -0.39 is 0 Å². The van der Waals surface area contributed by atoms with Gasteiger partial charge in [0.1, 0.15) is 5.75 Å². The van der Waals surface area contributed by atoms with E-state index in [2.05, 4.69) is 57.8 Å². The third-order valence-corrected chi connectivity index (χ3v) is 4.09. The SMILES string of the molecule is CCCC(C)COc1c(Br)cc(CC(C)N)cc1Br. The van der Waals surface area contributed by atoms with Crippen molar-refractivity contribution in [3.8, 4) is 5.75 Å². The Balaban J connectivity index is 2.74. The lowest BCUT2D eigenvalue weighted by Gasteiger charge is -2.16. The van der Waals surface area contributed by atoms with Gasteiger partial charge in [0, 0.05) is 6.04 Å². The Morgan fingerprint density at radius 1 is 1.21 bits per heavy atom. The minimum atomic E-state index is 0.162. The molecule has 2 N–H and O–H groups in total. The normalized spacial score (nSPS) is 14.2. The largest absolute Gasteiger partial charge is 0.491 e. The van der Waals surface area contributed by atoms with Crippen LogP contribution >= 0.6 is 31.9 Å². The van der Waals surface area contributed by atoms with Crippen molar-refractivity contribution in [1.29, 1.82) is 0 Å². The summed E-state index contributed by atoms with van der Waals surface area (Å²) in [4.78, 5) is 0. The molecule has 0 saturated carbocycles. The van der Waals surface area contributed by atoms with E-state index in [0.29, 0.717) is 5.92 Å². The van der Waals surface area contributed by atoms with Gasteiger partial charge in [-0.1, -0.05) is 20.3 Å². The average molecular weight is 393 g/mol. The average Bonchev–Trinajstić information content (AvgIpc) is 2.27. The van der Waals surface area contributed by atoms with Gasteiger partial charge in [0.05, 0.1) is 15.6 Å². The molecule has 0 aliphatic carbocycles. The summed E-state index contributed by atoms with van der Waals surface area (Å²) >= 11 is 7.16. The van der Waals surface area contributed by atoms with Crippen molar-refractivity contribution >= 4 is 31.9 Å². The number of halogens is 2. The minimum Gasteiger partial charge on any atom is -0.491 e. The van der Waals surface area contributed by atoms with Gasteiger partial charge >= 0.3 is 0 Å². The third kappa shape index (κ3) is 5.84. The summed E-state index contributed by atoms with van der Waals surface area (Å²) in [6, 6.07) is 4.34. The molecule has 2 atom stereocenters. The molecule has 1 rings (SSSR count). The molecule has 1 aromatic carbocycles. The van der Waals surface area contributed by atoms with E-state index in [1.807, 2.05) is 6.92 Å². The highest BCUT2D eigenvalue weighted by molar-refractivity contribution is 9.11. The quantitative estimate of drug-likeness (QED) is 0.714. The van der Waals surface area contributed by atoms with Crippen molar-refractivity contribution in [2.45, 2.75) is 46.1 Å². The van der Waals surface area contributed by atoms with Gasteiger partial charge in [-0.2, -0.15) is 0 Å². The highest BCUT2D eigenvalue weighted by Crippen LogP contribution is 2.35.